The van der Waals surface area contributed by atoms with E-state index in [0.29, 0.717) is 45.4 Å². The molecule has 3 aromatic carbocycles. The number of ketones is 1. The van der Waals surface area contributed by atoms with Gasteiger partial charge in [0, 0.05) is 16.5 Å². The summed E-state index contributed by atoms with van der Waals surface area (Å²) in [6.45, 7) is 3.52. The topological polar surface area (TPSA) is 93.6 Å². The van der Waals surface area contributed by atoms with E-state index in [1.807, 2.05) is 50.3 Å². The van der Waals surface area contributed by atoms with Gasteiger partial charge in [-0.15, -0.1) is 0 Å². The summed E-state index contributed by atoms with van der Waals surface area (Å²) in [5, 5.41) is 0.626. The second kappa shape index (κ2) is 10.6. The molecule has 7 heteroatoms. The molecule has 204 valence electrons. The smallest absolute Gasteiger partial charge is 0.339 e. The van der Waals surface area contributed by atoms with Crippen molar-refractivity contribution in [3.05, 3.63) is 108 Å². The Morgan fingerprint density at radius 2 is 1.71 bits per heavy atom. The maximum absolute atomic E-state index is 13.3. The van der Waals surface area contributed by atoms with Crippen LogP contribution >= 0.6 is 0 Å². The zero-order valence-corrected chi connectivity index (χ0v) is 22.7. The van der Waals surface area contributed by atoms with Gasteiger partial charge in [0.1, 0.15) is 0 Å². The van der Waals surface area contributed by atoms with E-state index in [2.05, 4.69) is 0 Å². The Kier molecular flexibility index (Phi) is 6.79. The third-order valence-corrected chi connectivity index (χ3v) is 7.91. The van der Waals surface area contributed by atoms with E-state index >= 15 is 0 Å². The number of rotatable bonds is 6. The minimum absolute atomic E-state index is 0.0149. The van der Waals surface area contributed by atoms with Crippen molar-refractivity contribution in [1.82, 2.24) is 4.98 Å². The van der Waals surface area contributed by atoms with E-state index in [9.17, 15) is 19.2 Å². The maximum atomic E-state index is 13.3. The van der Waals surface area contributed by atoms with E-state index in [0.717, 1.165) is 5.56 Å². The first-order chi connectivity index (χ1) is 19.8. The first kappa shape index (κ1) is 26.3. The lowest BCUT2D eigenvalue weighted by Gasteiger charge is -2.22. The maximum Gasteiger partial charge on any atom is 0.339 e. The molecule has 2 aliphatic rings. The van der Waals surface area contributed by atoms with Gasteiger partial charge in [-0.25, -0.2) is 9.78 Å². The highest BCUT2D eigenvalue weighted by atomic mass is 16.5. The first-order valence-corrected chi connectivity index (χ1v) is 13.6. The van der Waals surface area contributed by atoms with Crippen molar-refractivity contribution in [1.29, 1.82) is 0 Å². The van der Waals surface area contributed by atoms with Crippen LogP contribution in [0.2, 0.25) is 0 Å². The molecule has 0 bridgehead atoms. The fourth-order valence-corrected chi connectivity index (χ4v) is 5.76. The molecule has 3 atom stereocenters. The van der Waals surface area contributed by atoms with Gasteiger partial charge in [0.2, 0.25) is 11.8 Å². The SMILES string of the molecule is Cc1ccc2nc(-c3ccc(N4C(=O)C5CC=CC(C)C5C4=O)cc3)cc(C(=O)OCC(=O)c3ccccc3)c2c1. The number of Topliss-reactive ketones (excluding diaryl/α,β-unsaturated/α-hetero) is 1. The highest BCUT2D eigenvalue weighted by molar-refractivity contribution is 6.22. The van der Waals surface area contributed by atoms with Gasteiger partial charge in [0.15, 0.2) is 12.4 Å². The predicted octanol–water partition coefficient (Wildman–Crippen LogP) is 5.95. The number of esters is 1. The average molecular weight is 545 g/mol. The summed E-state index contributed by atoms with van der Waals surface area (Å²) in [5.41, 5.74) is 4.08. The van der Waals surface area contributed by atoms with Gasteiger partial charge in [-0.1, -0.05) is 73.2 Å². The summed E-state index contributed by atoms with van der Waals surface area (Å²) in [6.07, 6.45) is 4.56. The summed E-state index contributed by atoms with van der Waals surface area (Å²) in [6, 6.07) is 23.0. The fraction of sp³-hybridized carbons (Fsp3) is 0.206. The van der Waals surface area contributed by atoms with Gasteiger partial charge >= 0.3 is 5.97 Å². The molecule has 1 aliphatic carbocycles. The van der Waals surface area contributed by atoms with Crippen molar-refractivity contribution >= 4 is 40.2 Å². The van der Waals surface area contributed by atoms with Gasteiger partial charge in [0.05, 0.1) is 34.3 Å². The normalized spacial score (nSPS) is 19.9. The van der Waals surface area contributed by atoms with Gasteiger partial charge in [-0.2, -0.15) is 0 Å². The summed E-state index contributed by atoms with van der Waals surface area (Å²) < 4.78 is 5.45. The third-order valence-electron chi connectivity index (χ3n) is 7.91. The Hall–Kier alpha value is -4.91. The zero-order valence-electron chi connectivity index (χ0n) is 22.7. The molecule has 7 nitrogen and oxygen atoms in total. The second-order valence-corrected chi connectivity index (χ2v) is 10.7. The number of hydrogen-bond acceptors (Lipinski definition) is 6. The second-order valence-electron chi connectivity index (χ2n) is 10.7. The van der Waals surface area contributed by atoms with Crippen molar-refractivity contribution in [3.63, 3.8) is 0 Å². The number of pyridine rings is 1. The summed E-state index contributed by atoms with van der Waals surface area (Å²) in [5.74, 6) is -1.89. The third kappa shape index (κ3) is 4.84. The Morgan fingerprint density at radius 1 is 0.951 bits per heavy atom. The lowest BCUT2D eigenvalue weighted by Crippen LogP contribution is -2.31. The minimum atomic E-state index is -0.622. The molecule has 3 unspecified atom stereocenters. The van der Waals surface area contributed by atoms with E-state index in [-0.39, 0.29) is 42.0 Å². The number of nitrogens with zero attached hydrogens (tertiary/aromatic N) is 2. The number of carbonyl (C=O) groups excluding carboxylic acids is 4. The Morgan fingerprint density at radius 3 is 2.44 bits per heavy atom. The molecule has 1 saturated heterocycles. The number of hydrogen-bond donors (Lipinski definition) is 0. The van der Waals surface area contributed by atoms with Gasteiger partial charge in [0.25, 0.3) is 0 Å². The summed E-state index contributed by atoms with van der Waals surface area (Å²) >= 11 is 0. The number of ether oxygens (including phenoxy) is 1. The van der Waals surface area contributed by atoms with Crippen LogP contribution in [0.3, 0.4) is 0 Å². The van der Waals surface area contributed by atoms with E-state index in [1.54, 1.807) is 54.6 Å². The number of aryl methyl sites for hydroxylation is 1. The van der Waals surface area contributed by atoms with Crippen LogP contribution in [0, 0.1) is 24.7 Å². The number of allylic oxidation sites excluding steroid dienone is 2. The number of anilines is 1. The Labute approximate surface area is 237 Å². The number of fused-ring (bicyclic) bond motifs is 2. The molecule has 4 aromatic rings. The van der Waals surface area contributed by atoms with Crippen molar-refractivity contribution in [2.24, 2.45) is 17.8 Å². The fourth-order valence-electron chi connectivity index (χ4n) is 5.76. The van der Waals surface area contributed by atoms with Gasteiger partial charge in [-0.3, -0.25) is 19.3 Å². The van der Waals surface area contributed by atoms with Crippen LogP contribution in [0.5, 0.6) is 0 Å². The number of benzene rings is 3. The van der Waals surface area contributed by atoms with Crippen molar-refractivity contribution in [2.75, 3.05) is 11.5 Å². The predicted molar refractivity (Wildman–Crippen MR) is 155 cm³/mol. The minimum Gasteiger partial charge on any atom is -0.454 e. The summed E-state index contributed by atoms with van der Waals surface area (Å²) in [4.78, 5) is 58.2. The first-order valence-electron chi connectivity index (χ1n) is 13.6. The van der Waals surface area contributed by atoms with Crippen LogP contribution in [-0.2, 0) is 14.3 Å². The molecule has 0 spiro atoms. The van der Waals surface area contributed by atoms with Crippen molar-refractivity contribution < 1.29 is 23.9 Å². The summed E-state index contributed by atoms with van der Waals surface area (Å²) in [7, 11) is 0. The lowest BCUT2D eigenvalue weighted by molar-refractivity contribution is -0.122. The van der Waals surface area contributed by atoms with Crippen LogP contribution < -0.4 is 4.90 Å². The monoisotopic (exact) mass is 544 g/mol. The van der Waals surface area contributed by atoms with Crippen LogP contribution in [0.15, 0.2) is 91.0 Å². The Bertz CT molecular complexity index is 1730. The van der Waals surface area contributed by atoms with E-state index < -0.39 is 5.97 Å². The molecule has 0 radical (unpaired) electrons. The zero-order chi connectivity index (χ0) is 28.7. The molecule has 1 fully saturated rings. The van der Waals surface area contributed by atoms with Gasteiger partial charge in [-0.05, 0) is 49.6 Å². The molecule has 1 aromatic heterocycles. The van der Waals surface area contributed by atoms with Crippen molar-refractivity contribution in [3.8, 4) is 11.3 Å². The molecule has 41 heavy (non-hydrogen) atoms. The molecular weight excluding hydrogens is 516 g/mol. The largest absolute Gasteiger partial charge is 0.454 e. The molecule has 2 heterocycles. The van der Waals surface area contributed by atoms with Crippen molar-refractivity contribution in [2.45, 2.75) is 20.3 Å². The van der Waals surface area contributed by atoms with Crippen LogP contribution in [-0.4, -0.2) is 35.2 Å². The lowest BCUT2D eigenvalue weighted by atomic mass is 9.78. The molecular formula is C34H28N2O5. The number of amides is 2. The number of imide groups is 1. The van der Waals surface area contributed by atoms with Crippen LogP contribution in [0.25, 0.3) is 22.2 Å². The molecule has 0 N–H and O–H groups in total. The van der Waals surface area contributed by atoms with Crippen LogP contribution in [0.4, 0.5) is 5.69 Å². The quantitative estimate of drug-likeness (QED) is 0.129. The Balaban J connectivity index is 1.29. The molecule has 1 aliphatic heterocycles. The molecule has 6 rings (SSSR count). The number of aromatic nitrogens is 1. The standard InChI is InChI=1S/C34H28N2O5/c1-20-11-16-28-26(17-20)27(34(40)41-19-30(37)23-8-4-3-5-9-23)18-29(35-28)22-12-14-24(15-13-22)36-32(38)25-10-6-7-21(2)31(25)33(36)39/h3-9,11-18,21,25,31H,10,19H2,1-2H3. The highest BCUT2D eigenvalue weighted by Crippen LogP contribution is 2.40. The van der Waals surface area contributed by atoms with Gasteiger partial charge < -0.3 is 4.74 Å². The van der Waals surface area contributed by atoms with Crippen LogP contribution in [0.1, 0.15) is 39.6 Å². The molecule has 2 amide bonds. The average Bonchev–Trinajstić information content (AvgIpc) is 3.25. The van der Waals surface area contributed by atoms with E-state index in [4.69, 9.17) is 9.72 Å². The number of carbonyl (C=O) groups is 4. The highest BCUT2D eigenvalue weighted by Gasteiger charge is 2.50. The van der Waals surface area contributed by atoms with E-state index in [1.165, 1.54) is 4.90 Å². The molecule has 0 saturated carbocycles.